The monoisotopic (exact) mass is 363 g/mol. The molecule has 0 atom stereocenters. The van der Waals surface area contributed by atoms with Crippen LogP contribution < -0.4 is 5.32 Å². The Morgan fingerprint density at radius 1 is 1.11 bits per heavy atom. The number of benzene rings is 1. The van der Waals surface area contributed by atoms with Crippen molar-refractivity contribution in [2.24, 2.45) is 0 Å². The van der Waals surface area contributed by atoms with Gasteiger partial charge in [0.1, 0.15) is 5.52 Å². The first-order chi connectivity index (χ1) is 13.3. The fourth-order valence-electron chi connectivity index (χ4n) is 3.85. The summed E-state index contributed by atoms with van der Waals surface area (Å²) in [6.45, 7) is 3.15. The van der Waals surface area contributed by atoms with Gasteiger partial charge in [-0.3, -0.25) is 4.98 Å². The number of hydrogen-bond donors (Lipinski definition) is 2. The van der Waals surface area contributed by atoms with Crippen molar-refractivity contribution in [2.45, 2.75) is 18.8 Å². The van der Waals surface area contributed by atoms with Crippen LogP contribution in [0.25, 0.3) is 22.3 Å². The summed E-state index contributed by atoms with van der Waals surface area (Å²) in [5, 5.41) is 12.2. The van der Waals surface area contributed by atoms with Gasteiger partial charge in [0, 0.05) is 31.5 Å². The number of aliphatic hydroxyl groups excluding tert-OH is 1. The van der Waals surface area contributed by atoms with E-state index in [0.717, 1.165) is 60.6 Å². The largest absolute Gasteiger partial charge is 0.395 e. The lowest BCUT2D eigenvalue weighted by Gasteiger charge is -2.31. The summed E-state index contributed by atoms with van der Waals surface area (Å²) in [5.74, 6) is 1.34. The van der Waals surface area contributed by atoms with Crippen molar-refractivity contribution in [3.8, 4) is 11.3 Å². The maximum atomic E-state index is 9.08. The molecule has 6 nitrogen and oxygen atoms in total. The van der Waals surface area contributed by atoms with Gasteiger partial charge in [0.25, 0.3) is 0 Å². The van der Waals surface area contributed by atoms with E-state index >= 15 is 0 Å². The molecule has 3 heterocycles. The topological polar surface area (TPSA) is 74.2 Å². The molecule has 1 fully saturated rings. The Kier molecular flexibility index (Phi) is 5.27. The summed E-state index contributed by atoms with van der Waals surface area (Å²) in [7, 11) is 1.85. The molecule has 0 bridgehead atoms. The van der Waals surface area contributed by atoms with Crippen molar-refractivity contribution >= 4 is 16.9 Å². The number of hydrogen-bond acceptors (Lipinski definition) is 6. The molecule has 0 unspecified atom stereocenters. The van der Waals surface area contributed by atoms with E-state index in [-0.39, 0.29) is 6.61 Å². The second-order valence-electron chi connectivity index (χ2n) is 6.99. The number of pyridine rings is 1. The fourth-order valence-corrected chi connectivity index (χ4v) is 3.85. The van der Waals surface area contributed by atoms with Crippen LogP contribution >= 0.6 is 0 Å². The zero-order valence-electron chi connectivity index (χ0n) is 15.6. The lowest BCUT2D eigenvalue weighted by atomic mass is 9.89. The molecule has 0 amide bonds. The molecule has 2 N–H and O–H groups in total. The van der Waals surface area contributed by atoms with Crippen LogP contribution in [0.3, 0.4) is 0 Å². The molecule has 6 heteroatoms. The second kappa shape index (κ2) is 7.98. The number of nitrogens with one attached hydrogen (secondary N) is 1. The van der Waals surface area contributed by atoms with Crippen molar-refractivity contribution in [2.75, 3.05) is 38.6 Å². The van der Waals surface area contributed by atoms with Gasteiger partial charge in [0.2, 0.25) is 0 Å². The van der Waals surface area contributed by atoms with Crippen molar-refractivity contribution in [1.82, 2.24) is 19.9 Å². The smallest absolute Gasteiger partial charge is 0.154 e. The van der Waals surface area contributed by atoms with E-state index in [1.54, 1.807) is 12.4 Å². The molecular formula is C21H25N5O. The predicted octanol–water partition coefficient (Wildman–Crippen LogP) is 2.91. The molecule has 27 heavy (non-hydrogen) atoms. The van der Waals surface area contributed by atoms with E-state index in [1.807, 2.05) is 13.1 Å². The molecule has 4 rings (SSSR count). The van der Waals surface area contributed by atoms with Gasteiger partial charge in [-0.2, -0.15) is 0 Å². The van der Waals surface area contributed by atoms with Crippen LogP contribution in [-0.2, 0) is 0 Å². The highest BCUT2D eigenvalue weighted by Gasteiger charge is 2.20. The molecule has 0 aliphatic carbocycles. The summed E-state index contributed by atoms with van der Waals surface area (Å²) >= 11 is 0. The number of β-amino-alcohol motifs (C(OH)–C–C–N with tert-alkyl or cyclic N) is 1. The number of aliphatic hydroxyl groups is 1. The van der Waals surface area contributed by atoms with Gasteiger partial charge < -0.3 is 15.3 Å². The van der Waals surface area contributed by atoms with Crippen LogP contribution in [0.5, 0.6) is 0 Å². The third-order valence-corrected chi connectivity index (χ3v) is 5.38. The molecule has 1 aliphatic heterocycles. The number of anilines is 1. The van der Waals surface area contributed by atoms with Gasteiger partial charge in [-0.15, -0.1) is 0 Å². The number of fused-ring (bicyclic) bond motifs is 1. The van der Waals surface area contributed by atoms with Gasteiger partial charge in [-0.25, -0.2) is 9.97 Å². The van der Waals surface area contributed by atoms with Crippen molar-refractivity contribution in [3.05, 3.63) is 48.3 Å². The Bertz CT molecular complexity index is 904. The van der Waals surface area contributed by atoms with Gasteiger partial charge >= 0.3 is 0 Å². The third kappa shape index (κ3) is 3.77. The van der Waals surface area contributed by atoms with Crippen molar-refractivity contribution in [1.29, 1.82) is 0 Å². The molecule has 2 aromatic heterocycles. The summed E-state index contributed by atoms with van der Waals surface area (Å²) in [6.07, 6.45) is 5.68. The Labute approximate surface area is 159 Å². The number of rotatable bonds is 5. The molecule has 0 saturated carbocycles. The highest BCUT2D eigenvalue weighted by atomic mass is 16.3. The molecule has 0 radical (unpaired) electrons. The summed E-state index contributed by atoms with van der Waals surface area (Å²) in [6, 6.07) is 10.7. The Morgan fingerprint density at radius 3 is 2.56 bits per heavy atom. The quantitative estimate of drug-likeness (QED) is 0.726. The molecular weight excluding hydrogens is 338 g/mol. The first-order valence-electron chi connectivity index (χ1n) is 9.51. The number of aromatic nitrogens is 3. The van der Waals surface area contributed by atoms with E-state index in [9.17, 15) is 0 Å². The van der Waals surface area contributed by atoms with Crippen molar-refractivity contribution in [3.63, 3.8) is 0 Å². The second-order valence-corrected chi connectivity index (χ2v) is 6.99. The Hall–Kier alpha value is -2.57. The van der Waals surface area contributed by atoms with Gasteiger partial charge in [0.15, 0.2) is 5.82 Å². The molecule has 1 aromatic carbocycles. The van der Waals surface area contributed by atoms with Crippen LogP contribution in [0.1, 0.15) is 24.3 Å². The van der Waals surface area contributed by atoms with E-state index in [1.165, 1.54) is 5.56 Å². The van der Waals surface area contributed by atoms with Crippen LogP contribution in [-0.4, -0.2) is 58.2 Å². The molecule has 140 valence electrons. The summed E-state index contributed by atoms with van der Waals surface area (Å²) < 4.78 is 0. The zero-order chi connectivity index (χ0) is 18.6. The van der Waals surface area contributed by atoms with E-state index in [2.05, 4.69) is 44.5 Å². The molecule has 1 saturated heterocycles. The average Bonchev–Trinajstić information content (AvgIpc) is 2.74. The van der Waals surface area contributed by atoms with Crippen LogP contribution in [0.15, 0.2) is 42.7 Å². The predicted molar refractivity (Wildman–Crippen MR) is 108 cm³/mol. The summed E-state index contributed by atoms with van der Waals surface area (Å²) in [5.41, 5.74) is 5.00. The first kappa shape index (κ1) is 17.8. The van der Waals surface area contributed by atoms with E-state index in [0.29, 0.717) is 5.92 Å². The lowest BCUT2D eigenvalue weighted by molar-refractivity contribution is 0.164. The Balaban J connectivity index is 1.55. The van der Waals surface area contributed by atoms with Crippen molar-refractivity contribution < 1.29 is 5.11 Å². The van der Waals surface area contributed by atoms with E-state index in [4.69, 9.17) is 10.1 Å². The van der Waals surface area contributed by atoms with Gasteiger partial charge in [-0.05, 0) is 43.5 Å². The van der Waals surface area contributed by atoms with Crippen LogP contribution in [0.2, 0.25) is 0 Å². The minimum atomic E-state index is 0.247. The van der Waals surface area contributed by atoms with E-state index < -0.39 is 0 Å². The summed E-state index contributed by atoms with van der Waals surface area (Å²) in [4.78, 5) is 15.9. The third-order valence-electron chi connectivity index (χ3n) is 5.38. The zero-order valence-corrected chi connectivity index (χ0v) is 15.6. The first-order valence-corrected chi connectivity index (χ1v) is 9.51. The maximum Gasteiger partial charge on any atom is 0.154 e. The standard InChI is InChI=1S/C21H25N5O/c1-22-21-20-19(23-8-9-24-20)14-18(25-21)17-4-2-15(3-5-17)16-6-10-26(11-7-16)12-13-27/h2-5,8-9,14,16,27H,6-7,10-13H2,1H3,(H,22,25). The minimum Gasteiger partial charge on any atom is -0.395 e. The molecule has 3 aromatic rings. The average molecular weight is 363 g/mol. The molecule has 1 aliphatic rings. The van der Waals surface area contributed by atoms with Crippen LogP contribution in [0, 0.1) is 0 Å². The SMILES string of the molecule is CNc1nc(-c2ccc(C3CCN(CCO)CC3)cc2)cc2nccnc12. The number of likely N-dealkylation sites (tertiary alicyclic amines) is 1. The maximum absolute atomic E-state index is 9.08. The minimum absolute atomic E-state index is 0.247. The van der Waals surface area contributed by atoms with Crippen LogP contribution in [0.4, 0.5) is 5.82 Å². The highest BCUT2D eigenvalue weighted by molar-refractivity contribution is 5.88. The van der Waals surface area contributed by atoms with Gasteiger partial charge in [-0.1, -0.05) is 24.3 Å². The molecule has 0 spiro atoms. The Morgan fingerprint density at radius 2 is 1.85 bits per heavy atom. The normalized spacial score (nSPS) is 15.9. The highest BCUT2D eigenvalue weighted by Crippen LogP contribution is 2.30. The number of piperidine rings is 1. The number of nitrogens with zero attached hydrogens (tertiary/aromatic N) is 4. The fraction of sp³-hybridized carbons (Fsp3) is 0.381. The van der Waals surface area contributed by atoms with Gasteiger partial charge in [0.05, 0.1) is 17.8 Å². The lowest BCUT2D eigenvalue weighted by Crippen LogP contribution is -2.34.